The van der Waals surface area contributed by atoms with Crippen LogP contribution in [-0.2, 0) is 14.4 Å². The summed E-state index contributed by atoms with van der Waals surface area (Å²) in [5, 5.41) is 0. The molecule has 0 aromatic carbocycles. The van der Waals surface area contributed by atoms with Crippen molar-refractivity contribution < 1.29 is 14.4 Å². The summed E-state index contributed by atoms with van der Waals surface area (Å²) in [7, 11) is 0. The van der Waals surface area contributed by atoms with Gasteiger partial charge in [0.25, 0.3) is 0 Å². The fourth-order valence-electron chi connectivity index (χ4n) is 7.21. The second-order valence-corrected chi connectivity index (χ2v) is 9.45. The van der Waals surface area contributed by atoms with Crippen LogP contribution in [0, 0.1) is 40.4 Å². The van der Waals surface area contributed by atoms with Crippen LogP contribution in [0.3, 0.4) is 0 Å². The van der Waals surface area contributed by atoms with Crippen molar-refractivity contribution in [3.63, 3.8) is 0 Å². The Balaban J connectivity index is 1.74. The van der Waals surface area contributed by atoms with E-state index in [0.717, 1.165) is 25.7 Å². The van der Waals surface area contributed by atoms with Gasteiger partial charge in [0, 0.05) is 37.0 Å². The highest BCUT2D eigenvalue weighted by Crippen LogP contribution is 2.65. The Morgan fingerprint density at radius 1 is 1.00 bits per heavy atom. The Labute approximate surface area is 144 Å². The van der Waals surface area contributed by atoms with Gasteiger partial charge in [0.15, 0.2) is 0 Å². The van der Waals surface area contributed by atoms with Gasteiger partial charge < -0.3 is 0 Å². The van der Waals surface area contributed by atoms with E-state index in [2.05, 4.69) is 20.8 Å². The van der Waals surface area contributed by atoms with Crippen molar-refractivity contribution >= 4 is 17.3 Å². The molecule has 4 fully saturated rings. The first kappa shape index (κ1) is 16.5. The van der Waals surface area contributed by atoms with Crippen molar-refractivity contribution in [2.75, 3.05) is 0 Å². The number of rotatable bonds is 1. The first-order chi connectivity index (χ1) is 11.3. The zero-order chi connectivity index (χ0) is 17.3. The third-order valence-corrected chi connectivity index (χ3v) is 8.83. The number of hydrogen-bond acceptors (Lipinski definition) is 3. The predicted molar refractivity (Wildman–Crippen MR) is 91.3 cm³/mol. The van der Waals surface area contributed by atoms with Crippen molar-refractivity contribution in [3.8, 4) is 0 Å². The zero-order valence-electron chi connectivity index (χ0n) is 15.3. The van der Waals surface area contributed by atoms with Gasteiger partial charge in [-0.3, -0.25) is 14.4 Å². The maximum Gasteiger partial charge on any atom is 0.139 e. The Bertz CT molecular complexity index is 608. The van der Waals surface area contributed by atoms with E-state index in [-0.39, 0.29) is 34.5 Å². The van der Waals surface area contributed by atoms with Crippen LogP contribution in [0.5, 0.6) is 0 Å². The van der Waals surface area contributed by atoms with Crippen molar-refractivity contribution in [1.29, 1.82) is 0 Å². The molecule has 0 aromatic rings. The highest BCUT2D eigenvalue weighted by atomic mass is 16.1. The quantitative estimate of drug-likeness (QED) is 0.730. The lowest BCUT2D eigenvalue weighted by atomic mass is 9.44. The zero-order valence-corrected chi connectivity index (χ0v) is 15.3. The Hall–Kier alpha value is -0.990. The molecule has 24 heavy (non-hydrogen) atoms. The molecule has 0 aromatic heterocycles. The van der Waals surface area contributed by atoms with E-state index in [4.69, 9.17) is 0 Å². The van der Waals surface area contributed by atoms with Crippen LogP contribution in [0.25, 0.3) is 0 Å². The van der Waals surface area contributed by atoms with Crippen LogP contribution in [-0.4, -0.2) is 17.3 Å². The van der Waals surface area contributed by atoms with Crippen LogP contribution < -0.4 is 0 Å². The van der Waals surface area contributed by atoms with Crippen LogP contribution in [0.4, 0.5) is 0 Å². The molecule has 132 valence electrons. The third-order valence-electron chi connectivity index (χ3n) is 8.83. The number of fused-ring (bicyclic) bond motifs is 5. The molecular weight excluding hydrogens is 300 g/mol. The van der Waals surface area contributed by atoms with Gasteiger partial charge in [-0.2, -0.15) is 0 Å². The molecule has 0 amide bonds. The summed E-state index contributed by atoms with van der Waals surface area (Å²) in [5.74, 6) is 2.19. The average Bonchev–Trinajstić information content (AvgIpc) is 2.88. The molecule has 4 aliphatic carbocycles. The maximum atomic E-state index is 13.2. The number of ketones is 3. The molecule has 0 radical (unpaired) electrons. The van der Waals surface area contributed by atoms with E-state index in [9.17, 15) is 14.4 Å². The lowest BCUT2D eigenvalue weighted by molar-refractivity contribution is -0.165. The van der Waals surface area contributed by atoms with Gasteiger partial charge in [-0.15, -0.1) is 0 Å². The number of carbonyl (C=O) groups excluding carboxylic acids is 3. The van der Waals surface area contributed by atoms with E-state index < -0.39 is 0 Å². The summed E-state index contributed by atoms with van der Waals surface area (Å²) in [6, 6.07) is 0. The predicted octanol–water partition coefficient (Wildman–Crippen LogP) is 3.98. The molecule has 0 N–H and O–H groups in total. The van der Waals surface area contributed by atoms with Crippen molar-refractivity contribution in [2.24, 2.45) is 40.4 Å². The van der Waals surface area contributed by atoms with E-state index in [1.165, 1.54) is 0 Å². The van der Waals surface area contributed by atoms with E-state index in [0.29, 0.717) is 49.0 Å². The van der Waals surface area contributed by atoms with Gasteiger partial charge in [0.05, 0.1) is 0 Å². The van der Waals surface area contributed by atoms with Gasteiger partial charge in [-0.25, -0.2) is 0 Å². The second kappa shape index (κ2) is 5.25. The van der Waals surface area contributed by atoms with Crippen molar-refractivity contribution in [3.05, 3.63) is 0 Å². The second-order valence-electron chi connectivity index (χ2n) is 9.45. The van der Waals surface area contributed by atoms with Crippen LogP contribution in [0.15, 0.2) is 0 Å². The van der Waals surface area contributed by atoms with Crippen LogP contribution >= 0.6 is 0 Å². The molecule has 0 spiro atoms. The number of carbonyl (C=O) groups is 3. The van der Waals surface area contributed by atoms with Gasteiger partial charge >= 0.3 is 0 Å². The fourth-order valence-corrected chi connectivity index (χ4v) is 7.21. The van der Waals surface area contributed by atoms with Crippen LogP contribution in [0.1, 0.15) is 72.1 Å². The lowest BCUT2D eigenvalue weighted by Gasteiger charge is -2.58. The molecular formula is C21H30O3. The third kappa shape index (κ3) is 1.93. The maximum absolute atomic E-state index is 13.2. The molecule has 4 aliphatic rings. The van der Waals surface area contributed by atoms with Crippen molar-refractivity contribution in [2.45, 2.75) is 72.1 Å². The van der Waals surface area contributed by atoms with E-state index in [1.54, 1.807) is 0 Å². The van der Waals surface area contributed by atoms with Gasteiger partial charge in [-0.1, -0.05) is 27.2 Å². The summed E-state index contributed by atoms with van der Waals surface area (Å²) >= 11 is 0. The lowest BCUT2D eigenvalue weighted by Crippen LogP contribution is -2.59. The van der Waals surface area contributed by atoms with Crippen LogP contribution in [0.2, 0.25) is 0 Å². The minimum absolute atomic E-state index is 0.00772. The molecule has 0 aliphatic heterocycles. The number of hydrogen-bond donors (Lipinski definition) is 0. The van der Waals surface area contributed by atoms with Gasteiger partial charge in [0.1, 0.15) is 17.3 Å². The molecule has 4 saturated carbocycles. The topological polar surface area (TPSA) is 51.2 Å². The summed E-state index contributed by atoms with van der Waals surface area (Å²) in [6.07, 6.45) is 6.38. The van der Waals surface area contributed by atoms with E-state index in [1.807, 2.05) is 0 Å². The molecule has 0 bridgehead atoms. The Kier molecular flexibility index (Phi) is 3.61. The normalized spacial score (nSPS) is 51.1. The fraction of sp³-hybridized carbons (Fsp3) is 0.857. The first-order valence-electron chi connectivity index (χ1n) is 9.90. The molecule has 7 unspecified atom stereocenters. The number of Topliss-reactive ketones (excluding diaryl/α,β-unsaturated/α-hetero) is 3. The first-order valence-corrected chi connectivity index (χ1v) is 9.90. The van der Waals surface area contributed by atoms with E-state index >= 15 is 0 Å². The summed E-state index contributed by atoms with van der Waals surface area (Å²) in [4.78, 5) is 38.3. The summed E-state index contributed by atoms with van der Waals surface area (Å²) < 4.78 is 0. The molecule has 3 heteroatoms. The minimum atomic E-state index is -0.279. The Morgan fingerprint density at radius 3 is 2.46 bits per heavy atom. The highest BCUT2D eigenvalue weighted by molar-refractivity contribution is 5.93. The smallest absolute Gasteiger partial charge is 0.139 e. The molecule has 0 heterocycles. The van der Waals surface area contributed by atoms with Crippen molar-refractivity contribution in [1.82, 2.24) is 0 Å². The van der Waals surface area contributed by atoms with Gasteiger partial charge in [0.2, 0.25) is 0 Å². The largest absolute Gasteiger partial charge is 0.300 e. The summed E-state index contributed by atoms with van der Waals surface area (Å²) in [5.41, 5.74) is -0.271. The standard InChI is InChI=1S/C21H30O3/c1-4-12-5-6-15-19-16(11-18(24)21(12,15)3)20(2)8-7-14(22)9-13(20)10-17(19)23/h12-13,15-16,19H,4-11H2,1-3H3. The highest BCUT2D eigenvalue weighted by Gasteiger charge is 2.65. The molecule has 7 atom stereocenters. The summed E-state index contributed by atoms with van der Waals surface area (Å²) in [6.45, 7) is 6.62. The Morgan fingerprint density at radius 2 is 1.75 bits per heavy atom. The SMILES string of the molecule is CCC1CCC2C3C(=O)CC4CC(=O)CCC4(C)C3CC(=O)C12C. The molecule has 3 nitrogen and oxygen atoms in total. The molecule has 4 rings (SSSR count). The minimum Gasteiger partial charge on any atom is -0.300 e. The average molecular weight is 330 g/mol. The van der Waals surface area contributed by atoms with Gasteiger partial charge in [-0.05, 0) is 48.3 Å². The monoisotopic (exact) mass is 330 g/mol. The molecule has 0 saturated heterocycles.